The number of nitrogens with zero attached hydrogens (tertiary/aromatic N) is 4. The second-order valence-corrected chi connectivity index (χ2v) is 5.74. The van der Waals surface area contributed by atoms with Gasteiger partial charge in [0.15, 0.2) is 5.69 Å². The highest BCUT2D eigenvalue weighted by atomic mass is 16.4. The molecule has 0 atom stereocenters. The van der Waals surface area contributed by atoms with Gasteiger partial charge in [-0.25, -0.2) is 4.68 Å². The molecule has 0 bridgehead atoms. The molecule has 1 amide bonds. The molecule has 0 aliphatic carbocycles. The van der Waals surface area contributed by atoms with E-state index in [9.17, 15) is 9.59 Å². The molecule has 2 rings (SSSR count). The number of carboxylic acid groups (broad SMARTS) is 1. The van der Waals surface area contributed by atoms with Crippen LogP contribution in [-0.2, 0) is 4.79 Å². The van der Waals surface area contributed by atoms with Crippen molar-refractivity contribution in [1.29, 1.82) is 0 Å². The topological polar surface area (TPSA) is 88.3 Å². The van der Waals surface area contributed by atoms with Crippen molar-refractivity contribution in [2.24, 2.45) is 5.92 Å². The smallest absolute Gasteiger partial charge is 0.323 e. The van der Waals surface area contributed by atoms with Crippen LogP contribution >= 0.6 is 0 Å². The molecule has 0 spiro atoms. The summed E-state index contributed by atoms with van der Waals surface area (Å²) in [6.45, 7) is 5.59. The van der Waals surface area contributed by atoms with Crippen LogP contribution in [0.4, 0.5) is 0 Å². The van der Waals surface area contributed by atoms with Crippen molar-refractivity contribution in [2.45, 2.75) is 20.8 Å². The van der Waals surface area contributed by atoms with Gasteiger partial charge >= 0.3 is 5.97 Å². The zero-order valence-electron chi connectivity index (χ0n) is 13.4. The normalized spacial score (nSPS) is 10.8. The van der Waals surface area contributed by atoms with Gasteiger partial charge in [-0.3, -0.25) is 9.59 Å². The molecule has 1 heterocycles. The minimum atomic E-state index is -1.05. The summed E-state index contributed by atoms with van der Waals surface area (Å²) in [5.74, 6) is -1.31. The number of hydrogen-bond donors (Lipinski definition) is 1. The maximum atomic E-state index is 12.6. The molecule has 0 radical (unpaired) electrons. The van der Waals surface area contributed by atoms with E-state index in [1.54, 1.807) is 11.6 Å². The average molecular weight is 316 g/mol. The van der Waals surface area contributed by atoms with Crippen molar-refractivity contribution in [3.8, 4) is 5.69 Å². The monoisotopic (exact) mass is 316 g/mol. The molecule has 0 aliphatic heterocycles. The molecule has 0 saturated carbocycles. The largest absolute Gasteiger partial charge is 0.480 e. The van der Waals surface area contributed by atoms with Gasteiger partial charge in [0.1, 0.15) is 6.54 Å². The van der Waals surface area contributed by atoms with E-state index in [2.05, 4.69) is 10.3 Å². The van der Waals surface area contributed by atoms with Gasteiger partial charge in [-0.2, -0.15) is 0 Å². The van der Waals surface area contributed by atoms with E-state index in [1.807, 2.05) is 44.2 Å². The summed E-state index contributed by atoms with van der Waals surface area (Å²) in [5, 5.41) is 17.0. The summed E-state index contributed by atoms with van der Waals surface area (Å²) in [5.41, 5.74) is 1.56. The fourth-order valence-corrected chi connectivity index (χ4v) is 2.31. The van der Waals surface area contributed by atoms with Crippen molar-refractivity contribution in [3.05, 3.63) is 41.7 Å². The number of carboxylic acids is 1. The number of para-hydroxylation sites is 1. The Labute approximate surface area is 134 Å². The van der Waals surface area contributed by atoms with E-state index in [0.717, 1.165) is 5.69 Å². The van der Waals surface area contributed by atoms with Crippen LogP contribution in [0.2, 0.25) is 0 Å². The molecule has 7 nitrogen and oxygen atoms in total. The van der Waals surface area contributed by atoms with Gasteiger partial charge in [0, 0.05) is 6.54 Å². The second kappa shape index (κ2) is 7.04. The van der Waals surface area contributed by atoms with E-state index >= 15 is 0 Å². The summed E-state index contributed by atoms with van der Waals surface area (Å²) >= 11 is 0. The Morgan fingerprint density at radius 1 is 1.26 bits per heavy atom. The standard InChI is InChI=1S/C16H20N4O3/c1-11(2)9-19(10-14(21)22)16(23)15-12(3)20(18-17-15)13-7-5-4-6-8-13/h4-8,11H,9-10H2,1-3H3,(H,21,22). The van der Waals surface area contributed by atoms with Crippen LogP contribution in [0, 0.1) is 12.8 Å². The number of aliphatic carboxylic acids is 1. The van der Waals surface area contributed by atoms with Gasteiger partial charge in [-0.1, -0.05) is 37.3 Å². The van der Waals surface area contributed by atoms with Crippen LogP contribution in [0.1, 0.15) is 30.0 Å². The van der Waals surface area contributed by atoms with Crippen molar-refractivity contribution < 1.29 is 14.7 Å². The van der Waals surface area contributed by atoms with Crippen molar-refractivity contribution in [2.75, 3.05) is 13.1 Å². The number of aromatic nitrogens is 3. The van der Waals surface area contributed by atoms with Crippen LogP contribution in [0.5, 0.6) is 0 Å². The highest BCUT2D eigenvalue weighted by Crippen LogP contribution is 2.14. The molecule has 1 N–H and O–H groups in total. The van der Waals surface area contributed by atoms with Crippen molar-refractivity contribution in [3.63, 3.8) is 0 Å². The Hall–Kier alpha value is -2.70. The van der Waals surface area contributed by atoms with Crippen LogP contribution in [0.25, 0.3) is 5.69 Å². The molecule has 0 unspecified atom stereocenters. The molecular weight excluding hydrogens is 296 g/mol. The van der Waals surface area contributed by atoms with Gasteiger partial charge in [-0.15, -0.1) is 5.10 Å². The van der Waals surface area contributed by atoms with Crippen LogP contribution < -0.4 is 0 Å². The molecule has 7 heteroatoms. The first-order valence-electron chi connectivity index (χ1n) is 7.39. The van der Waals surface area contributed by atoms with E-state index in [4.69, 9.17) is 5.11 Å². The first kappa shape index (κ1) is 16.7. The van der Waals surface area contributed by atoms with Gasteiger partial charge in [0.2, 0.25) is 0 Å². The summed E-state index contributed by atoms with van der Waals surface area (Å²) in [7, 11) is 0. The first-order valence-corrected chi connectivity index (χ1v) is 7.39. The number of rotatable bonds is 6. The Kier molecular flexibility index (Phi) is 5.10. The van der Waals surface area contributed by atoms with Crippen molar-refractivity contribution in [1.82, 2.24) is 19.9 Å². The third kappa shape index (κ3) is 3.94. The van der Waals surface area contributed by atoms with Crippen LogP contribution in [-0.4, -0.2) is 50.0 Å². The lowest BCUT2D eigenvalue weighted by molar-refractivity contribution is -0.137. The van der Waals surface area contributed by atoms with Gasteiger partial charge in [-0.05, 0) is 25.0 Å². The van der Waals surface area contributed by atoms with E-state index in [1.165, 1.54) is 4.90 Å². The zero-order valence-corrected chi connectivity index (χ0v) is 13.4. The number of carbonyl (C=O) groups excluding carboxylic acids is 1. The lowest BCUT2D eigenvalue weighted by Crippen LogP contribution is -2.38. The lowest BCUT2D eigenvalue weighted by atomic mass is 10.2. The quantitative estimate of drug-likeness (QED) is 0.877. The minimum absolute atomic E-state index is 0.155. The molecule has 0 fully saturated rings. The number of benzene rings is 1. The number of hydrogen-bond acceptors (Lipinski definition) is 4. The Morgan fingerprint density at radius 2 is 1.91 bits per heavy atom. The lowest BCUT2D eigenvalue weighted by Gasteiger charge is -2.21. The number of carbonyl (C=O) groups is 2. The third-order valence-electron chi connectivity index (χ3n) is 3.30. The highest BCUT2D eigenvalue weighted by Gasteiger charge is 2.25. The average Bonchev–Trinajstić information content (AvgIpc) is 2.87. The van der Waals surface area contributed by atoms with Gasteiger partial charge in [0.05, 0.1) is 11.4 Å². The fraction of sp³-hybridized carbons (Fsp3) is 0.375. The highest BCUT2D eigenvalue weighted by molar-refractivity contribution is 5.95. The SMILES string of the molecule is Cc1c(C(=O)N(CC(=O)O)CC(C)C)nnn1-c1ccccc1. The summed E-state index contributed by atoms with van der Waals surface area (Å²) < 4.78 is 1.57. The van der Waals surface area contributed by atoms with Crippen LogP contribution in [0.3, 0.4) is 0 Å². The van der Waals surface area contributed by atoms with E-state index in [-0.39, 0.29) is 18.2 Å². The molecule has 122 valence electrons. The molecule has 23 heavy (non-hydrogen) atoms. The molecule has 0 aliphatic rings. The Morgan fingerprint density at radius 3 is 2.48 bits per heavy atom. The maximum absolute atomic E-state index is 12.6. The molecule has 1 aromatic heterocycles. The summed E-state index contributed by atoms with van der Waals surface area (Å²) in [4.78, 5) is 24.9. The molecule has 0 saturated heterocycles. The Bertz CT molecular complexity index is 695. The minimum Gasteiger partial charge on any atom is -0.480 e. The summed E-state index contributed by atoms with van der Waals surface area (Å²) in [6.07, 6.45) is 0. The van der Waals surface area contributed by atoms with E-state index in [0.29, 0.717) is 12.2 Å². The van der Waals surface area contributed by atoms with Crippen molar-refractivity contribution >= 4 is 11.9 Å². The maximum Gasteiger partial charge on any atom is 0.323 e. The fourth-order valence-electron chi connectivity index (χ4n) is 2.31. The second-order valence-electron chi connectivity index (χ2n) is 5.74. The van der Waals surface area contributed by atoms with E-state index < -0.39 is 11.9 Å². The predicted octanol–water partition coefficient (Wildman–Crippen LogP) is 1.76. The Balaban J connectivity index is 2.31. The first-order chi connectivity index (χ1) is 10.9. The predicted molar refractivity (Wildman–Crippen MR) is 84.5 cm³/mol. The van der Waals surface area contributed by atoms with Crippen LogP contribution in [0.15, 0.2) is 30.3 Å². The molecule has 2 aromatic rings. The summed E-state index contributed by atoms with van der Waals surface area (Å²) in [6, 6.07) is 9.35. The zero-order chi connectivity index (χ0) is 17.0. The molecular formula is C16H20N4O3. The van der Waals surface area contributed by atoms with Gasteiger partial charge < -0.3 is 10.0 Å². The number of amides is 1. The third-order valence-corrected chi connectivity index (χ3v) is 3.30. The molecule has 1 aromatic carbocycles. The van der Waals surface area contributed by atoms with Gasteiger partial charge in [0.25, 0.3) is 5.91 Å².